The average molecular weight is 295 g/mol. The molecule has 8 heteroatoms. The van der Waals surface area contributed by atoms with E-state index in [0.717, 1.165) is 5.56 Å². The van der Waals surface area contributed by atoms with Gasteiger partial charge in [-0.25, -0.2) is 4.98 Å². The van der Waals surface area contributed by atoms with Crippen LogP contribution < -0.4 is 5.56 Å². The van der Waals surface area contributed by atoms with Crippen molar-refractivity contribution in [3.05, 3.63) is 52.6 Å². The molecule has 0 radical (unpaired) electrons. The maximum atomic E-state index is 12.4. The smallest absolute Gasteiger partial charge is 0.281 e. The van der Waals surface area contributed by atoms with E-state index in [9.17, 15) is 4.79 Å². The topological polar surface area (TPSA) is 93.8 Å². The Morgan fingerprint density at radius 3 is 3.05 bits per heavy atom. The van der Waals surface area contributed by atoms with E-state index >= 15 is 0 Å². The van der Waals surface area contributed by atoms with Gasteiger partial charge in [-0.3, -0.25) is 14.3 Å². The van der Waals surface area contributed by atoms with Crippen molar-refractivity contribution in [2.24, 2.45) is 0 Å². The number of hydrogen-bond donors (Lipinski definition) is 1. The zero-order valence-electron chi connectivity index (χ0n) is 11.9. The zero-order valence-corrected chi connectivity index (χ0v) is 11.9. The van der Waals surface area contributed by atoms with Crippen LogP contribution in [0, 0.1) is 0 Å². The van der Waals surface area contributed by atoms with Gasteiger partial charge in [-0.05, 0) is 18.6 Å². The number of nitrogens with one attached hydrogen (secondary N) is 1. The van der Waals surface area contributed by atoms with Gasteiger partial charge in [0, 0.05) is 25.4 Å². The summed E-state index contributed by atoms with van der Waals surface area (Å²) in [6.45, 7) is 2.42. The van der Waals surface area contributed by atoms with Gasteiger partial charge in [0.05, 0.1) is 6.33 Å². The third-order valence-corrected chi connectivity index (χ3v) is 3.56. The third-order valence-electron chi connectivity index (χ3n) is 3.56. The molecule has 8 nitrogen and oxygen atoms in total. The second-order valence-corrected chi connectivity index (χ2v) is 4.93. The highest BCUT2D eigenvalue weighted by atomic mass is 16.1. The van der Waals surface area contributed by atoms with Crippen LogP contribution >= 0.6 is 0 Å². The van der Waals surface area contributed by atoms with Crippen molar-refractivity contribution in [3.8, 4) is 0 Å². The average Bonchev–Trinajstić information content (AvgIpc) is 3.15. The summed E-state index contributed by atoms with van der Waals surface area (Å²) in [5, 5.41) is 4.49. The van der Waals surface area contributed by atoms with E-state index in [1.807, 2.05) is 19.1 Å². The molecule has 0 unspecified atom stereocenters. The van der Waals surface area contributed by atoms with Crippen molar-refractivity contribution in [1.29, 1.82) is 0 Å². The minimum Gasteiger partial charge on any atom is -0.339 e. The van der Waals surface area contributed by atoms with Gasteiger partial charge in [0.2, 0.25) is 5.78 Å². The Balaban J connectivity index is 1.95. The van der Waals surface area contributed by atoms with Gasteiger partial charge in [-0.1, -0.05) is 6.07 Å². The molecule has 0 aliphatic carbocycles. The van der Waals surface area contributed by atoms with Crippen molar-refractivity contribution in [3.63, 3.8) is 0 Å². The molecule has 0 saturated heterocycles. The molecule has 4 aromatic heterocycles. The summed E-state index contributed by atoms with van der Waals surface area (Å²) in [5.41, 5.74) is 1.81. The maximum Gasteiger partial charge on any atom is 0.281 e. The van der Waals surface area contributed by atoms with E-state index in [0.29, 0.717) is 35.7 Å². The molecule has 0 atom stereocenters. The summed E-state index contributed by atoms with van der Waals surface area (Å²) in [7, 11) is 0. The maximum absolute atomic E-state index is 12.4. The second kappa shape index (κ2) is 4.76. The summed E-state index contributed by atoms with van der Waals surface area (Å²) in [4.78, 5) is 28.0. The number of imidazole rings is 1. The minimum absolute atomic E-state index is 0.136. The normalized spacial score (nSPS) is 11.5. The molecule has 0 spiro atoms. The quantitative estimate of drug-likeness (QED) is 0.602. The first-order valence-electron chi connectivity index (χ1n) is 6.98. The Morgan fingerprint density at radius 2 is 2.27 bits per heavy atom. The van der Waals surface area contributed by atoms with E-state index in [4.69, 9.17) is 0 Å². The zero-order chi connectivity index (χ0) is 15.1. The Labute approximate surface area is 124 Å². The number of aromatic amines is 1. The molecule has 0 aliphatic heterocycles. The van der Waals surface area contributed by atoms with Crippen LogP contribution in [0.1, 0.15) is 18.3 Å². The molecule has 0 amide bonds. The van der Waals surface area contributed by atoms with Crippen molar-refractivity contribution < 1.29 is 0 Å². The van der Waals surface area contributed by atoms with Gasteiger partial charge in [-0.2, -0.15) is 9.50 Å². The first kappa shape index (κ1) is 12.7. The standard InChI is InChI=1S/C14H13N7O/c1-2-20-13(22)11-12(17-8-16-11)21-14(20)18-10(19-21)6-9-4-3-5-15-7-9/h3-5,7-8H,2,6H2,1H3,(H,16,17). The Hall–Kier alpha value is -3.03. The fraction of sp³-hybridized carbons (Fsp3) is 0.214. The molecule has 0 fully saturated rings. The molecular weight excluding hydrogens is 282 g/mol. The van der Waals surface area contributed by atoms with Crippen LogP contribution in [0.5, 0.6) is 0 Å². The van der Waals surface area contributed by atoms with Gasteiger partial charge < -0.3 is 4.98 Å². The lowest BCUT2D eigenvalue weighted by Gasteiger charge is -2.02. The summed E-state index contributed by atoms with van der Waals surface area (Å²) in [6.07, 6.45) is 5.55. The number of hydrogen-bond acceptors (Lipinski definition) is 5. The molecule has 4 rings (SSSR count). The molecule has 22 heavy (non-hydrogen) atoms. The van der Waals surface area contributed by atoms with Crippen LogP contribution in [0.15, 0.2) is 35.6 Å². The van der Waals surface area contributed by atoms with Gasteiger partial charge in [0.25, 0.3) is 5.56 Å². The second-order valence-electron chi connectivity index (χ2n) is 4.93. The van der Waals surface area contributed by atoms with E-state index in [1.165, 1.54) is 6.33 Å². The van der Waals surface area contributed by atoms with Crippen LogP contribution in [0.4, 0.5) is 0 Å². The van der Waals surface area contributed by atoms with Crippen LogP contribution in [0.25, 0.3) is 16.9 Å². The van der Waals surface area contributed by atoms with Gasteiger partial charge in [0.15, 0.2) is 17.0 Å². The largest absolute Gasteiger partial charge is 0.339 e. The molecule has 0 saturated carbocycles. The molecule has 110 valence electrons. The third kappa shape index (κ3) is 1.80. The lowest BCUT2D eigenvalue weighted by Crippen LogP contribution is -2.22. The first-order valence-corrected chi connectivity index (χ1v) is 6.98. The van der Waals surface area contributed by atoms with Crippen molar-refractivity contribution in [2.75, 3.05) is 0 Å². The van der Waals surface area contributed by atoms with E-state index in [1.54, 1.807) is 21.5 Å². The number of aryl methyl sites for hydroxylation is 1. The highest BCUT2D eigenvalue weighted by Crippen LogP contribution is 2.11. The summed E-state index contributed by atoms with van der Waals surface area (Å²) >= 11 is 0. The number of aromatic nitrogens is 7. The van der Waals surface area contributed by atoms with Crippen LogP contribution in [-0.2, 0) is 13.0 Å². The van der Waals surface area contributed by atoms with E-state index in [2.05, 4.69) is 25.0 Å². The van der Waals surface area contributed by atoms with E-state index < -0.39 is 0 Å². The van der Waals surface area contributed by atoms with Crippen LogP contribution in [0.2, 0.25) is 0 Å². The molecule has 1 N–H and O–H groups in total. The molecular formula is C14H13N7O. The lowest BCUT2D eigenvalue weighted by atomic mass is 10.2. The first-order chi connectivity index (χ1) is 10.8. The van der Waals surface area contributed by atoms with Crippen LogP contribution in [0.3, 0.4) is 0 Å². The molecule has 4 aromatic rings. The molecule has 0 aliphatic rings. The lowest BCUT2D eigenvalue weighted by molar-refractivity contribution is 0.727. The number of pyridine rings is 1. The van der Waals surface area contributed by atoms with E-state index in [-0.39, 0.29) is 5.56 Å². The number of H-pyrrole nitrogens is 1. The fourth-order valence-corrected chi connectivity index (χ4v) is 2.54. The minimum atomic E-state index is -0.136. The highest BCUT2D eigenvalue weighted by Gasteiger charge is 2.16. The monoisotopic (exact) mass is 295 g/mol. The predicted octanol–water partition coefficient (Wildman–Crippen LogP) is 0.773. The van der Waals surface area contributed by atoms with Crippen molar-refractivity contribution >= 4 is 16.9 Å². The Morgan fingerprint density at radius 1 is 1.36 bits per heavy atom. The summed E-state index contributed by atoms with van der Waals surface area (Å²) < 4.78 is 3.20. The van der Waals surface area contributed by atoms with Gasteiger partial charge in [0.1, 0.15) is 0 Å². The fourth-order valence-electron chi connectivity index (χ4n) is 2.54. The Kier molecular flexibility index (Phi) is 2.75. The molecule has 0 bridgehead atoms. The van der Waals surface area contributed by atoms with Crippen LogP contribution in [-0.4, -0.2) is 34.1 Å². The highest BCUT2D eigenvalue weighted by molar-refractivity contribution is 5.71. The van der Waals surface area contributed by atoms with Gasteiger partial charge >= 0.3 is 0 Å². The SMILES string of the molecule is CCn1c(=O)c2[nH]cnc2n2nc(Cc3cccnc3)nc12. The van der Waals surface area contributed by atoms with Gasteiger partial charge in [-0.15, -0.1) is 5.10 Å². The summed E-state index contributed by atoms with van der Waals surface area (Å²) in [6, 6.07) is 3.84. The number of rotatable bonds is 3. The number of fused-ring (bicyclic) bond motifs is 3. The Bertz CT molecular complexity index is 1010. The summed E-state index contributed by atoms with van der Waals surface area (Å²) in [5.74, 6) is 1.14. The van der Waals surface area contributed by atoms with Crippen molar-refractivity contribution in [1.82, 2.24) is 34.1 Å². The number of nitrogens with zero attached hydrogens (tertiary/aromatic N) is 6. The molecule has 4 heterocycles. The molecule has 0 aromatic carbocycles. The van der Waals surface area contributed by atoms with Crippen molar-refractivity contribution in [2.45, 2.75) is 19.9 Å². The predicted molar refractivity (Wildman–Crippen MR) is 79.6 cm³/mol.